The summed E-state index contributed by atoms with van der Waals surface area (Å²) in [5, 5.41) is 0. The number of hydrogen-bond donors (Lipinski definition) is 0. The van der Waals surface area contributed by atoms with E-state index >= 15 is 0 Å². The lowest BCUT2D eigenvalue weighted by molar-refractivity contribution is 0.104. The average Bonchev–Trinajstić information content (AvgIpc) is 2.66. The first kappa shape index (κ1) is 20.6. The second kappa shape index (κ2) is 8.45. The Labute approximate surface area is 171 Å². The number of hydrogen-bond acceptors (Lipinski definition) is 4. The number of benzene rings is 3. The molecule has 0 aliphatic rings. The molecule has 0 spiro atoms. The van der Waals surface area contributed by atoms with E-state index < -0.39 is 10.1 Å². The number of aryl methyl sites for hydroxylation is 3. The molecule has 0 fully saturated rings. The minimum absolute atomic E-state index is 0.0983. The van der Waals surface area contributed by atoms with Gasteiger partial charge >= 0.3 is 10.1 Å². The van der Waals surface area contributed by atoms with Crippen LogP contribution in [0.3, 0.4) is 0 Å². The second-order valence-electron chi connectivity index (χ2n) is 6.90. The fraction of sp³-hybridized carbons (Fsp3) is 0.125. The van der Waals surface area contributed by atoms with Crippen LogP contribution in [0.4, 0.5) is 0 Å². The van der Waals surface area contributed by atoms with Crippen LogP contribution in [0.2, 0.25) is 0 Å². The fourth-order valence-corrected chi connectivity index (χ4v) is 4.59. The third kappa shape index (κ3) is 5.00. The Bertz CT molecular complexity index is 1140. The van der Waals surface area contributed by atoms with Crippen LogP contribution in [-0.2, 0) is 10.1 Å². The van der Waals surface area contributed by atoms with Crippen molar-refractivity contribution in [2.45, 2.75) is 25.7 Å². The van der Waals surface area contributed by atoms with E-state index in [2.05, 4.69) is 0 Å². The molecule has 3 aromatic carbocycles. The first-order valence-electron chi connectivity index (χ1n) is 9.16. The molecule has 3 rings (SSSR count). The third-order valence-corrected chi connectivity index (χ3v) is 5.98. The maximum absolute atomic E-state index is 12.7. The van der Waals surface area contributed by atoms with Gasteiger partial charge in [-0.3, -0.25) is 4.79 Å². The number of ketones is 1. The van der Waals surface area contributed by atoms with Gasteiger partial charge in [0, 0.05) is 5.56 Å². The first-order chi connectivity index (χ1) is 13.8. The largest absolute Gasteiger partial charge is 0.379 e. The molecule has 0 aliphatic heterocycles. The zero-order chi connectivity index (χ0) is 21.0. The number of rotatable bonds is 6. The predicted octanol–water partition coefficient (Wildman–Crippen LogP) is 5.28. The normalized spacial score (nSPS) is 11.6. The van der Waals surface area contributed by atoms with Crippen molar-refractivity contribution in [3.63, 3.8) is 0 Å². The summed E-state index contributed by atoms with van der Waals surface area (Å²) < 4.78 is 30.8. The second-order valence-corrected chi connectivity index (χ2v) is 8.38. The molecule has 0 atom stereocenters. The van der Waals surface area contributed by atoms with Crippen LogP contribution in [-0.4, -0.2) is 14.2 Å². The van der Waals surface area contributed by atoms with Gasteiger partial charge in [-0.2, -0.15) is 8.42 Å². The molecule has 0 aromatic heterocycles. The lowest BCUT2D eigenvalue weighted by atomic mass is 10.1. The highest BCUT2D eigenvalue weighted by molar-refractivity contribution is 7.87. The Morgan fingerprint density at radius 2 is 1.45 bits per heavy atom. The molecule has 0 heterocycles. The number of carbonyl (C=O) groups excluding carboxylic acids is 1. The highest BCUT2D eigenvalue weighted by Gasteiger charge is 2.22. The van der Waals surface area contributed by atoms with Gasteiger partial charge in [0.15, 0.2) is 5.78 Å². The summed E-state index contributed by atoms with van der Waals surface area (Å²) in [7, 11) is -3.94. The van der Waals surface area contributed by atoms with Gasteiger partial charge in [-0.1, -0.05) is 66.2 Å². The van der Waals surface area contributed by atoms with Crippen molar-refractivity contribution in [2.75, 3.05) is 0 Å². The van der Waals surface area contributed by atoms with Crippen molar-refractivity contribution < 1.29 is 17.4 Å². The van der Waals surface area contributed by atoms with Gasteiger partial charge in [0.1, 0.15) is 10.6 Å². The van der Waals surface area contributed by atoms with E-state index in [4.69, 9.17) is 4.18 Å². The summed E-state index contributed by atoms with van der Waals surface area (Å²) in [6.07, 6.45) is 3.17. The zero-order valence-corrected chi connectivity index (χ0v) is 17.4. The summed E-state index contributed by atoms with van der Waals surface area (Å²) >= 11 is 0. The molecule has 0 saturated carbocycles. The smallest absolute Gasteiger partial charge is 0.339 e. The first-order valence-corrected chi connectivity index (χ1v) is 10.6. The van der Waals surface area contributed by atoms with Crippen molar-refractivity contribution in [1.82, 2.24) is 0 Å². The van der Waals surface area contributed by atoms with Crippen molar-refractivity contribution in [3.8, 4) is 5.75 Å². The third-order valence-electron chi connectivity index (χ3n) is 4.43. The molecule has 0 bridgehead atoms. The fourth-order valence-electron chi connectivity index (χ4n) is 3.23. The van der Waals surface area contributed by atoms with Gasteiger partial charge in [0.05, 0.1) is 0 Å². The highest BCUT2D eigenvalue weighted by Crippen LogP contribution is 2.26. The van der Waals surface area contributed by atoms with Crippen LogP contribution in [0.5, 0.6) is 5.75 Å². The van der Waals surface area contributed by atoms with Gasteiger partial charge in [-0.25, -0.2) is 0 Å². The van der Waals surface area contributed by atoms with Crippen molar-refractivity contribution in [2.24, 2.45) is 0 Å². The number of allylic oxidation sites excluding steroid dienone is 1. The maximum atomic E-state index is 12.7. The summed E-state index contributed by atoms with van der Waals surface area (Å²) in [4.78, 5) is 12.3. The SMILES string of the molecule is Cc1cc(C)c(S(=O)(=O)Oc2ccc(C=CC(=O)c3ccccc3)cc2)c(C)c1. The van der Waals surface area contributed by atoms with Gasteiger partial charge in [-0.05, 0) is 55.7 Å². The van der Waals surface area contributed by atoms with Crippen LogP contribution in [0.1, 0.15) is 32.6 Å². The van der Waals surface area contributed by atoms with Crippen LogP contribution in [0.15, 0.2) is 77.7 Å². The Kier molecular flexibility index (Phi) is 5.99. The maximum Gasteiger partial charge on any atom is 0.339 e. The van der Waals surface area contributed by atoms with Gasteiger partial charge < -0.3 is 4.18 Å². The van der Waals surface area contributed by atoms with Gasteiger partial charge in [0.25, 0.3) is 0 Å². The molecule has 0 saturated heterocycles. The summed E-state index contributed by atoms with van der Waals surface area (Å²) in [6.45, 7) is 5.44. The molecule has 0 unspecified atom stereocenters. The number of carbonyl (C=O) groups is 1. The van der Waals surface area contributed by atoms with Crippen LogP contribution in [0.25, 0.3) is 6.08 Å². The van der Waals surface area contributed by atoms with Crippen molar-refractivity contribution in [3.05, 3.63) is 101 Å². The van der Waals surface area contributed by atoms with E-state index in [1.807, 2.05) is 37.3 Å². The summed E-state index contributed by atoms with van der Waals surface area (Å²) in [5.41, 5.74) is 3.68. The quantitative estimate of drug-likeness (QED) is 0.318. The topological polar surface area (TPSA) is 60.4 Å². The lowest BCUT2D eigenvalue weighted by Gasteiger charge is -2.13. The van der Waals surface area contributed by atoms with E-state index in [-0.39, 0.29) is 16.4 Å². The summed E-state index contributed by atoms with van der Waals surface area (Å²) in [6, 6.07) is 19.2. The van der Waals surface area contributed by atoms with Crippen LogP contribution < -0.4 is 4.18 Å². The standard InChI is InChI=1S/C24H22O4S/c1-17-15-18(2)24(19(3)16-17)29(26,27)28-22-12-9-20(10-13-22)11-14-23(25)21-7-5-4-6-8-21/h4-16H,1-3H3. The molecular formula is C24H22O4S. The van der Waals surface area contributed by atoms with Gasteiger partial charge in [-0.15, -0.1) is 0 Å². The van der Waals surface area contributed by atoms with E-state index in [1.54, 1.807) is 56.3 Å². The Hall–Kier alpha value is -3.18. The average molecular weight is 407 g/mol. The van der Waals surface area contributed by atoms with E-state index in [1.165, 1.54) is 6.08 Å². The van der Waals surface area contributed by atoms with E-state index in [0.717, 1.165) is 11.1 Å². The van der Waals surface area contributed by atoms with Crippen LogP contribution >= 0.6 is 0 Å². The Balaban J connectivity index is 1.75. The summed E-state index contributed by atoms with van der Waals surface area (Å²) in [5.74, 6) is 0.120. The lowest BCUT2D eigenvalue weighted by Crippen LogP contribution is -2.13. The minimum atomic E-state index is -3.94. The van der Waals surface area contributed by atoms with E-state index in [0.29, 0.717) is 16.7 Å². The predicted molar refractivity (Wildman–Crippen MR) is 115 cm³/mol. The molecule has 0 radical (unpaired) electrons. The van der Waals surface area contributed by atoms with Crippen molar-refractivity contribution in [1.29, 1.82) is 0 Å². The Morgan fingerprint density at radius 3 is 2.03 bits per heavy atom. The molecule has 0 amide bonds. The molecule has 3 aromatic rings. The highest BCUT2D eigenvalue weighted by atomic mass is 32.2. The molecular weight excluding hydrogens is 384 g/mol. The van der Waals surface area contributed by atoms with E-state index in [9.17, 15) is 13.2 Å². The zero-order valence-electron chi connectivity index (χ0n) is 16.5. The van der Waals surface area contributed by atoms with Crippen molar-refractivity contribution >= 4 is 22.0 Å². The molecule has 29 heavy (non-hydrogen) atoms. The molecule has 148 valence electrons. The Morgan fingerprint density at radius 1 is 0.862 bits per heavy atom. The monoisotopic (exact) mass is 406 g/mol. The van der Waals surface area contributed by atoms with Crippen LogP contribution in [0, 0.1) is 20.8 Å². The molecule has 0 N–H and O–H groups in total. The molecule has 4 nitrogen and oxygen atoms in total. The molecule has 0 aliphatic carbocycles. The molecule has 5 heteroatoms. The minimum Gasteiger partial charge on any atom is -0.379 e. The van der Waals surface area contributed by atoms with Gasteiger partial charge in [0.2, 0.25) is 0 Å².